The van der Waals surface area contributed by atoms with Crippen molar-refractivity contribution in [2.24, 2.45) is 12.2 Å². The van der Waals surface area contributed by atoms with Gasteiger partial charge in [0.25, 0.3) is 15.2 Å². The Kier molecular flexibility index (Phi) is 3.39. The van der Waals surface area contributed by atoms with Crippen LogP contribution in [0.4, 0.5) is 0 Å². The van der Waals surface area contributed by atoms with E-state index in [-0.39, 0.29) is 5.16 Å². The van der Waals surface area contributed by atoms with Gasteiger partial charge in [-0.15, -0.1) is 21.5 Å². The molecule has 6 nitrogen and oxygen atoms in total. The third-order valence-corrected chi connectivity index (χ3v) is 5.65. The second kappa shape index (κ2) is 4.94. The topological polar surface area (TPSA) is 90.9 Å². The number of aromatic nitrogens is 3. The predicted molar refractivity (Wildman–Crippen MR) is 76.9 cm³/mol. The molecule has 0 unspecified atom stereocenters. The fraction of sp³-hybridized carbons (Fsp3) is 0.500. The van der Waals surface area contributed by atoms with E-state index in [4.69, 9.17) is 5.14 Å². The number of fused-ring (bicyclic) bond motifs is 1. The van der Waals surface area contributed by atoms with E-state index in [2.05, 4.69) is 16.3 Å². The molecular weight excluding hydrogens is 296 g/mol. The maximum absolute atomic E-state index is 11.4. The van der Waals surface area contributed by atoms with Gasteiger partial charge in [0.1, 0.15) is 0 Å². The van der Waals surface area contributed by atoms with Crippen molar-refractivity contribution in [2.45, 2.75) is 37.3 Å². The molecule has 0 radical (unpaired) electrons. The first-order valence-corrected chi connectivity index (χ1v) is 8.87. The van der Waals surface area contributed by atoms with E-state index in [1.165, 1.54) is 34.3 Å². The Bertz CT molecular complexity index is 722. The Morgan fingerprint density at radius 1 is 1.25 bits per heavy atom. The smallest absolute Gasteiger partial charge is 0.273 e. The first-order chi connectivity index (χ1) is 9.47. The summed E-state index contributed by atoms with van der Waals surface area (Å²) in [6.07, 6.45) is 5.89. The SMILES string of the molecule is Cn1c(-c2cc3c(s2)CCCCC3)nnc1S(N)(=O)=O. The molecule has 0 amide bonds. The molecule has 0 aromatic carbocycles. The fourth-order valence-electron chi connectivity index (χ4n) is 2.55. The van der Waals surface area contributed by atoms with Gasteiger partial charge in [-0.25, -0.2) is 13.6 Å². The van der Waals surface area contributed by atoms with E-state index in [9.17, 15) is 8.42 Å². The Morgan fingerprint density at radius 2 is 2.00 bits per heavy atom. The van der Waals surface area contributed by atoms with Crippen LogP contribution in [0.5, 0.6) is 0 Å². The molecule has 2 aromatic rings. The van der Waals surface area contributed by atoms with Gasteiger partial charge in [0.15, 0.2) is 5.82 Å². The van der Waals surface area contributed by atoms with Crippen LogP contribution in [0.1, 0.15) is 29.7 Å². The van der Waals surface area contributed by atoms with Crippen LogP contribution in [0, 0.1) is 0 Å². The molecule has 0 saturated heterocycles. The van der Waals surface area contributed by atoms with Crippen LogP contribution < -0.4 is 5.14 Å². The van der Waals surface area contributed by atoms with Gasteiger partial charge < -0.3 is 0 Å². The maximum Gasteiger partial charge on any atom is 0.273 e. The molecule has 0 atom stereocenters. The standard InChI is InChI=1S/C12H16N4O2S2/c1-16-11(14-15-12(16)20(13,17)18)10-7-8-5-3-2-4-6-9(8)19-10/h7H,2-6H2,1H3,(H2,13,17,18). The molecule has 8 heteroatoms. The van der Waals surface area contributed by atoms with Crippen LogP contribution in [-0.4, -0.2) is 23.2 Å². The second-order valence-electron chi connectivity index (χ2n) is 5.03. The van der Waals surface area contributed by atoms with Crippen molar-refractivity contribution in [1.29, 1.82) is 0 Å². The molecule has 3 rings (SSSR count). The lowest BCUT2D eigenvalue weighted by molar-refractivity contribution is 0.580. The number of rotatable bonds is 2. The van der Waals surface area contributed by atoms with Crippen molar-refractivity contribution in [3.05, 3.63) is 16.5 Å². The minimum absolute atomic E-state index is 0.198. The largest absolute Gasteiger partial charge is 0.299 e. The van der Waals surface area contributed by atoms with Crippen LogP contribution in [-0.2, 0) is 29.9 Å². The second-order valence-corrected chi connectivity index (χ2v) is 7.62. The summed E-state index contributed by atoms with van der Waals surface area (Å²) in [5.41, 5.74) is 1.36. The number of thiophene rings is 1. The lowest BCUT2D eigenvalue weighted by Gasteiger charge is -2.00. The minimum Gasteiger partial charge on any atom is -0.299 e. The van der Waals surface area contributed by atoms with E-state index in [1.54, 1.807) is 18.4 Å². The number of hydrogen-bond acceptors (Lipinski definition) is 5. The zero-order valence-corrected chi connectivity index (χ0v) is 12.8. The van der Waals surface area contributed by atoms with Crippen molar-refractivity contribution in [1.82, 2.24) is 14.8 Å². The van der Waals surface area contributed by atoms with Gasteiger partial charge in [-0.2, -0.15) is 0 Å². The number of nitrogens with two attached hydrogens (primary N) is 1. The third-order valence-electron chi connectivity index (χ3n) is 3.56. The van der Waals surface area contributed by atoms with Crippen molar-refractivity contribution >= 4 is 21.4 Å². The summed E-state index contributed by atoms with van der Waals surface area (Å²) in [7, 11) is -2.21. The summed E-state index contributed by atoms with van der Waals surface area (Å²) in [6.45, 7) is 0. The lowest BCUT2D eigenvalue weighted by atomic mass is 10.1. The van der Waals surface area contributed by atoms with Gasteiger partial charge in [-0.05, 0) is 37.3 Å². The van der Waals surface area contributed by atoms with Crippen LogP contribution in [0.2, 0.25) is 0 Å². The van der Waals surface area contributed by atoms with E-state index < -0.39 is 10.0 Å². The average molecular weight is 312 g/mol. The molecule has 1 aliphatic rings. The highest BCUT2D eigenvalue weighted by molar-refractivity contribution is 7.89. The molecular formula is C12H16N4O2S2. The Morgan fingerprint density at radius 3 is 2.70 bits per heavy atom. The molecule has 0 saturated carbocycles. The van der Waals surface area contributed by atoms with Gasteiger partial charge in [0, 0.05) is 11.9 Å². The maximum atomic E-state index is 11.4. The monoisotopic (exact) mass is 312 g/mol. The quantitative estimate of drug-likeness (QED) is 0.850. The van der Waals surface area contributed by atoms with Crippen molar-refractivity contribution in [3.63, 3.8) is 0 Å². The van der Waals surface area contributed by atoms with Crippen molar-refractivity contribution in [2.75, 3.05) is 0 Å². The molecule has 20 heavy (non-hydrogen) atoms. The van der Waals surface area contributed by atoms with Crippen LogP contribution in [0.25, 0.3) is 10.7 Å². The Hall–Kier alpha value is -1.25. The highest BCUT2D eigenvalue weighted by atomic mass is 32.2. The molecule has 2 heterocycles. The number of aryl methyl sites for hydroxylation is 2. The summed E-state index contributed by atoms with van der Waals surface area (Å²) in [4.78, 5) is 2.35. The lowest BCUT2D eigenvalue weighted by Crippen LogP contribution is -2.17. The minimum atomic E-state index is -3.83. The van der Waals surface area contributed by atoms with Crippen LogP contribution >= 0.6 is 11.3 Å². The summed E-state index contributed by atoms with van der Waals surface area (Å²) >= 11 is 1.68. The predicted octanol–water partition coefficient (Wildman–Crippen LogP) is 1.46. The molecule has 0 bridgehead atoms. The van der Waals surface area contributed by atoms with E-state index in [0.29, 0.717) is 5.82 Å². The van der Waals surface area contributed by atoms with E-state index >= 15 is 0 Å². The van der Waals surface area contributed by atoms with Gasteiger partial charge in [-0.3, -0.25) is 4.57 Å². The molecule has 2 aromatic heterocycles. The fourth-order valence-corrected chi connectivity index (χ4v) is 4.45. The summed E-state index contributed by atoms with van der Waals surface area (Å²) in [6, 6.07) is 2.11. The summed E-state index contributed by atoms with van der Waals surface area (Å²) in [5.74, 6) is 0.562. The van der Waals surface area contributed by atoms with Crippen molar-refractivity contribution < 1.29 is 8.42 Å². The summed E-state index contributed by atoms with van der Waals surface area (Å²) < 4.78 is 24.2. The van der Waals surface area contributed by atoms with Gasteiger partial charge in [-0.1, -0.05) is 6.42 Å². The molecule has 1 aliphatic carbocycles. The molecule has 108 valence electrons. The summed E-state index contributed by atoms with van der Waals surface area (Å²) in [5, 5.41) is 12.6. The van der Waals surface area contributed by atoms with Gasteiger partial charge in [0.2, 0.25) is 0 Å². The van der Waals surface area contributed by atoms with Crippen LogP contribution in [0.15, 0.2) is 11.2 Å². The number of sulfonamides is 1. The molecule has 2 N–H and O–H groups in total. The van der Waals surface area contributed by atoms with Gasteiger partial charge >= 0.3 is 0 Å². The zero-order valence-electron chi connectivity index (χ0n) is 11.2. The zero-order chi connectivity index (χ0) is 14.3. The number of primary sulfonamides is 1. The third kappa shape index (κ3) is 2.38. The Labute approximate surface area is 121 Å². The van der Waals surface area contributed by atoms with E-state index in [0.717, 1.165) is 17.7 Å². The highest BCUT2D eigenvalue weighted by Gasteiger charge is 2.22. The average Bonchev–Trinajstić information content (AvgIpc) is 2.87. The molecule has 0 fully saturated rings. The number of hydrogen-bond donors (Lipinski definition) is 1. The molecule has 0 spiro atoms. The molecule has 0 aliphatic heterocycles. The normalized spacial score (nSPS) is 15.9. The van der Waals surface area contributed by atoms with Crippen molar-refractivity contribution in [3.8, 4) is 10.7 Å². The highest BCUT2D eigenvalue weighted by Crippen LogP contribution is 2.34. The number of nitrogens with zero attached hydrogens (tertiary/aromatic N) is 3. The Balaban J connectivity index is 2.04. The van der Waals surface area contributed by atoms with Gasteiger partial charge in [0.05, 0.1) is 4.88 Å². The van der Waals surface area contributed by atoms with E-state index in [1.807, 2.05) is 0 Å². The first kappa shape index (κ1) is 13.7. The first-order valence-electron chi connectivity index (χ1n) is 6.51. The van der Waals surface area contributed by atoms with Crippen LogP contribution in [0.3, 0.4) is 0 Å².